The highest BCUT2D eigenvalue weighted by atomic mass is 19.4. The van der Waals surface area contributed by atoms with E-state index >= 15 is 0 Å². The minimum atomic E-state index is -4.21. The first-order valence-corrected chi connectivity index (χ1v) is 13.5. The predicted molar refractivity (Wildman–Crippen MR) is 153 cm³/mol. The molecule has 0 amide bonds. The zero-order valence-corrected chi connectivity index (χ0v) is 24.1. The topological polar surface area (TPSA) is 57.1 Å². The van der Waals surface area contributed by atoms with E-state index in [-0.39, 0.29) is 17.7 Å². The van der Waals surface area contributed by atoms with Crippen LogP contribution in [0.2, 0.25) is 0 Å². The van der Waals surface area contributed by atoms with Crippen LogP contribution in [0.3, 0.4) is 0 Å². The number of halogens is 3. The lowest BCUT2D eigenvalue weighted by Crippen LogP contribution is -2.42. The number of likely N-dealkylation sites (tertiary alicyclic amines) is 1. The number of carbonyl (C=O) groups is 1. The van der Waals surface area contributed by atoms with Crippen molar-refractivity contribution in [3.63, 3.8) is 0 Å². The highest BCUT2D eigenvalue weighted by molar-refractivity contribution is 6.00. The molecule has 0 aromatic rings. The van der Waals surface area contributed by atoms with Crippen LogP contribution in [-0.4, -0.2) is 48.2 Å². The maximum Gasteiger partial charge on any atom is 0.392 e. The number of nitrogens with zero attached hydrogens (tertiary/aromatic N) is 3. The maximum atomic E-state index is 12.4. The summed E-state index contributed by atoms with van der Waals surface area (Å²) in [7, 11) is 0. The van der Waals surface area contributed by atoms with Crippen molar-refractivity contribution in [2.75, 3.05) is 19.6 Å². The summed E-state index contributed by atoms with van der Waals surface area (Å²) in [5.74, 6) is 1.70. The molecule has 1 aliphatic heterocycles. The Balaban J connectivity index is 0.00000352. The Hall–Kier alpha value is -2.90. The molecule has 0 unspecified atom stereocenters. The third-order valence-corrected chi connectivity index (χ3v) is 6.67. The van der Waals surface area contributed by atoms with Gasteiger partial charge in [0.1, 0.15) is 11.7 Å². The standard InChI is InChI=1S/C28H39F3N4O.C2H6/c1-6-8-15-32-26(33-16-10-9-12-28(29,30)31)21(3)20-34-23(5)35-17-13-27(14-18-35)19-25(36)22(4)24(27)11-7-2;1-2/h7-11,15,20H,6,12-14,16-19H2,1-5H3,(H,32,33);1-2H3/b10-9+,11-7-,15-8+,21-20+,34-23?;. The fourth-order valence-corrected chi connectivity index (χ4v) is 4.56. The number of rotatable bonds is 8. The Morgan fingerprint density at radius 2 is 1.79 bits per heavy atom. The third kappa shape index (κ3) is 10.1. The Labute approximate surface area is 227 Å². The molecule has 1 spiro atoms. The molecule has 38 heavy (non-hydrogen) atoms. The Kier molecular flexibility index (Phi) is 14.1. The number of hydrogen-bond acceptors (Lipinski definition) is 3. The van der Waals surface area contributed by atoms with Crippen molar-refractivity contribution >= 4 is 17.5 Å². The van der Waals surface area contributed by atoms with Gasteiger partial charge in [-0.05, 0) is 64.3 Å². The first-order valence-electron chi connectivity index (χ1n) is 13.5. The molecule has 1 aliphatic carbocycles. The molecule has 0 atom stereocenters. The van der Waals surface area contributed by atoms with E-state index in [1.54, 1.807) is 12.4 Å². The number of Topliss-reactive ketones (excluding diaryl/α,β-unsaturated/α-hetero) is 1. The monoisotopic (exact) mass is 534 g/mol. The zero-order valence-electron chi connectivity index (χ0n) is 24.1. The van der Waals surface area contributed by atoms with Crippen LogP contribution in [0.4, 0.5) is 13.2 Å². The molecule has 0 bridgehead atoms. The predicted octanol–water partition coefficient (Wildman–Crippen LogP) is 7.70. The molecule has 0 radical (unpaired) electrons. The van der Waals surface area contributed by atoms with Crippen molar-refractivity contribution < 1.29 is 18.0 Å². The molecule has 2 aliphatic rings. The molecule has 0 aromatic carbocycles. The summed E-state index contributed by atoms with van der Waals surface area (Å²) < 4.78 is 37.0. The van der Waals surface area contributed by atoms with Gasteiger partial charge in [-0.25, -0.2) is 4.99 Å². The molecule has 0 aromatic heterocycles. The number of hydrogen-bond donors (Lipinski definition) is 1. The molecule has 0 saturated carbocycles. The van der Waals surface area contributed by atoms with Gasteiger partial charge in [0.2, 0.25) is 0 Å². The fraction of sp³-hybridized carbons (Fsp3) is 0.567. The van der Waals surface area contributed by atoms with Crippen molar-refractivity contribution in [1.29, 1.82) is 0 Å². The number of ketones is 1. The van der Waals surface area contributed by atoms with E-state index in [1.807, 2.05) is 60.6 Å². The van der Waals surface area contributed by atoms with Gasteiger partial charge < -0.3 is 10.2 Å². The smallest absolute Gasteiger partial charge is 0.360 e. The minimum absolute atomic E-state index is 0.0643. The van der Waals surface area contributed by atoms with Crippen molar-refractivity contribution in [3.05, 3.63) is 59.5 Å². The summed E-state index contributed by atoms with van der Waals surface area (Å²) >= 11 is 0. The maximum absolute atomic E-state index is 12.4. The van der Waals surface area contributed by atoms with E-state index in [2.05, 4.69) is 26.3 Å². The lowest BCUT2D eigenvalue weighted by Gasteiger charge is -2.41. The van der Waals surface area contributed by atoms with Crippen LogP contribution in [0.15, 0.2) is 69.5 Å². The second-order valence-electron chi connectivity index (χ2n) is 9.33. The Morgan fingerprint density at radius 3 is 2.37 bits per heavy atom. The van der Waals surface area contributed by atoms with Crippen LogP contribution >= 0.6 is 0 Å². The third-order valence-electron chi connectivity index (χ3n) is 6.67. The largest absolute Gasteiger partial charge is 0.392 e. The van der Waals surface area contributed by atoms with E-state index in [1.165, 1.54) is 11.6 Å². The number of allylic oxidation sites excluding steroid dienone is 6. The number of amidine groups is 2. The van der Waals surface area contributed by atoms with Crippen LogP contribution in [0.25, 0.3) is 0 Å². The van der Waals surface area contributed by atoms with Gasteiger partial charge in [0.25, 0.3) is 0 Å². The molecule has 1 saturated heterocycles. The molecule has 5 nitrogen and oxygen atoms in total. The number of alkyl halides is 3. The zero-order chi connectivity index (χ0) is 28.8. The molecular formula is C30H45F3N4O. The lowest BCUT2D eigenvalue weighted by molar-refractivity contribution is -0.125. The normalized spacial score (nSPS) is 19.4. The first-order chi connectivity index (χ1) is 18.0. The summed E-state index contributed by atoms with van der Waals surface area (Å²) in [6.07, 6.45) is 10.1. The summed E-state index contributed by atoms with van der Waals surface area (Å²) in [6.45, 7) is 15.6. The fourth-order valence-electron chi connectivity index (χ4n) is 4.56. The second-order valence-corrected chi connectivity index (χ2v) is 9.33. The average Bonchev–Trinajstić information content (AvgIpc) is 3.11. The second kappa shape index (κ2) is 16.1. The van der Waals surface area contributed by atoms with Crippen LogP contribution < -0.4 is 5.32 Å². The molecule has 8 heteroatoms. The van der Waals surface area contributed by atoms with E-state index in [4.69, 9.17) is 0 Å². The highest BCUT2D eigenvalue weighted by Crippen LogP contribution is 2.49. The Morgan fingerprint density at radius 1 is 1.13 bits per heavy atom. The average molecular weight is 535 g/mol. The van der Waals surface area contributed by atoms with E-state index in [0.717, 1.165) is 55.4 Å². The van der Waals surface area contributed by atoms with Crippen LogP contribution in [0, 0.1) is 5.41 Å². The van der Waals surface area contributed by atoms with Gasteiger partial charge in [-0.1, -0.05) is 51.2 Å². The first kappa shape index (κ1) is 33.1. The molecule has 1 N–H and O–H groups in total. The van der Waals surface area contributed by atoms with Gasteiger partial charge in [0.15, 0.2) is 5.78 Å². The molecule has 2 rings (SSSR count). The molecule has 1 heterocycles. The molecule has 1 fully saturated rings. The summed E-state index contributed by atoms with van der Waals surface area (Å²) in [4.78, 5) is 23.7. The Bertz CT molecular complexity index is 989. The van der Waals surface area contributed by atoms with Gasteiger partial charge in [-0.3, -0.25) is 9.79 Å². The number of carbonyl (C=O) groups excluding carboxylic acids is 1. The number of nitrogens with one attached hydrogen (secondary N) is 1. The lowest BCUT2D eigenvalue weighted by atomic mass is 9.72. The summed E-state index contributed by atoms with van der Waals surface area (Å²) in [5.41, 5.74) is 2.81. The highest BCUT2D eigenvalue weighted by Gasteiger charge is 2.44. The minimum Gasteiger partial charge on any atom is -0.360 e. The van der Waals surface area contributed by atoms with Crippen LogP contribution in [0.1, 0.15) is 80.6 Å². The number of piperidine rings is 1. The van der Waals surface area contributed by atoms with E-state index in [9.17, 15) is 18.0 Å². The van der Waals surface area contributed by atoms with Gasteiger partial charge in [0.05, 0.1) is 13.0 Å². The van der Waals surface area contributed by atoms with E-state index < -0.39 is 12.6 Å². The van der Waals surface area contributed by atoms with E-state index in [0.29, 0.717) is 12.3 Å². The molecule has 212 valence electrons. The van der Waals surface area contributed by atoms with Crippen LogP contribution in [0.5, 0.6) is 0 Å². The van der Waals surface area contributed by atoms with Gasteiger partial charge in [-0.15, -0.1) is 0 Å². The van der Waals surface area contributed by atoms with Crippen molar-refractivity contribution in [2.24, 2.45) is 15.4 Å². The summed E-state index contributed by atoms with van der Waals surface area (Å²) in [6, 6.07) is 0. The number of aliphatic imine (C=N–C) groups is 2. The molecular weight excluding hydrogens is 489 g/mol. The van der Waals surface area contributed by atoms with Crippen molar-refractivity contribution in [2.45, 2.75) is 86.7 Å². The van der Waals surface area contributed by atoms with Crippen molar-refractivity contribution in [1.82, 2.24) is 10.2 Å². The van der Waals surface area contributed by atoms with Gasteiger partial charge >= 0.3 is 6.18 Å². The quantitative estimate of drug-likeness (QED) is 0.197. The van der Waals surface area contributed by atoms with Gasteiger partial charge in [0, 0.05) is 36.7 Å². The van der Waals surface area contributed by atoms with Crippen LogP contribution in [-0.2, 0) is 4.79 Å². The SMILES string of the molecule is C/C=C\C1=C(C)C(=O)CC12CCN(C(C)=N/C=C(\C)C(=NC/C=C/CC(F)(F)F)N/C=C/CC)CC2.CC. The van der Waals surface area contributed by atoms with Gasteiger partial charge in [-0.2, -0.15) is 13.2 Å². The summed E-state index contributed by atoms with van der Waals surface area (Å²) in [5, 5.41) is 3.11. The van der Waals surface area contributed by atoms with Crippen molar-refractivity contribution in [3.8, 4) is 0 Å².